The van der Waals surface area contributed by atoms with Crippen LogP contribution in [0.25, 0.3) is 0 Å². The molecule has 1 N–H and O–H groups in total. The van der Waals surface area contributed by atoms with Gasteiger partial charge in [0, 0.05) is 22.4 Å². The Hall–Kier alpha value is -0.790. The molecule has 0 radical (unpaired) electrons. The zero-order chi connectivity index (χ0) is 17.7. The van der Waals surface area contributed by atoms with Gasteiger partial charge in [0.05, 0.1) is 5.69 Å². The second-order valence-corrected chi connectivity index (χ2v) is 8.66. The van der Waals surface area contributed by atoms with Crippen molar-refractivity contribution in [2.75, 3.05) is 0 Å². The molecule has 0 aliphatic heterocycles. The maximum atomic E-state index is 5.14. The van der Waals surface area contributed by atoms with Gasteiger partial charge in [0.1, 0.15) is 5.82 Å². The Morgan fingerprint density at radius 2 is 1.57 bits per heavy atom. The molecule has 0 spiro atoms. The maximum absolute atomic E-state index is 5.14. The van der Waals surface area contributed by atoms with Crippen LogP contribution in [-0.4, -0.2) is 9.97 Å². The monoisotopic (exact) mass is 320 g/mol. The van der Waals surface area contributed by atoms with Crippen LogP contribution in [0.15, 0.2) is 0 Å². The number of imidazole rings is 1. The summed E-state index contributed by atoms with van der Waals surface area (Å²) in [7, 11) is 0. The summed E-state index contributed by atoms with van der Waals surface area (Å²) in [6.07, 6.45) is 8.57. The molecule has 0 bridgehead atoms. The number of rotatable bonds is 10. The molecule has 1 aromatic rings. The van der Waals surface area contributed by atoms with Gasteiger partial charge < -0.3 is 4.98 Å². The molecule has 1 rings (SSSR count). The third kappa shape index (κ3) is 5.09. The first-order valence-electron chi connectivity index (χ1n) is 9.80. The largest absolute Gasteiger partial charge is 0.345 e. The van der Waals surface area contributed by atoms with Gasteiger partial charge in [-0.15, -0.1) is 0 Å². The number of hydrogen-bond acceptors (Lipinski definition) is 1. The van der Waals surface area contributed by atoms with Crippen molar-refractivity contribution in [3.63, 3.8) is 0 Å². The Morgan fingerprint density at radius 3 is 2.09 bits per heavy atom. The van der Waals surface area contributed by atoms with E-state index in [4.69, 9.17) is 4.98 Å². The molecule has 1 heterocycles. The fourth-order valence-electron chi connectivity index (χ4n) is 3.64. The van der Waals surface area contributed by atoms with Gasteiger partial charge in [0.15, 0.2) is 0 Å². The first-order valence-corrected chi connectivity index (χ1v) is 9.80. The van der Waals surface area contributed by atoms with Gasteiger partial charge in [-0.3, -0.25) is 0 Å². The van der Waals surface area contributed by atoms with Crippen molar-refractivity contribution < 1.29 is 0 Å². The Morgan fingerprint density at radius 1 is 0.913 bits per heavy atom. The summed E-state index contributed by atoms with van der Waals surface area (Å²) >= 11 is 0. The fourth-order valence-corrected chi connectivity index (χ4v) is 3.64. The molecule has 134 valence electrons. The lowest BCUT2D eigenvalue weighted by molar-refractivity contribution is 0.428. The molecule has 2 nitrogen and oxygen atoms in total. The Balaban J connectivity index is 3.27. The lowest BCUT2D eigenvalue weighted by atomic mass is 9.80. The maximum Gasteiger partial charge on any atom is 0.112 e. The van der Waals surface area contributed by atoms with Crippen molar-refractivity contribution in [2.45, 2.75) is 117 Å². The minimum Gasteiger partial charge on any atom is -0.345 e. The van der Waals surface area contributed by atoms with Crippen LogP contribution >= 0.6 is 0 Å². The number of aromatic amines is 1. The van der Waals surface area contributed by atoms with Crippen LogP contribution in [0.4, 0.5) is 0 Å². The predicted octanol–water partition coefficient (Wildman–Crippen LogP) is 6.86. The van der Waals surface area contributed by atoms with Crippen LogP contribution in [-0.2, 0) is 10.8 Å². The van der Waals surface area contributed by atoms with Crippen LogP contribution in [0, 0.1) is 0 Å². The topological polar surface area (TPSA) is 28.7 Å². The number of nitrogens with one attached hydrogen (secondary N) is 1. The van der Waals surface area contributed by atoms with Gasteiger partial charge in [-0.25, -0.2) is 4.98 Å². The van der Waals surface area contributed by atoms with Crippen LogP contribution in [0.1, 0.15) is 123 Å². The summed E-state index contributed by atoms with van der Waals surface area (Å²) in [6.45, 7) is 18.6. The van der Waals surface area contributed by atoms with Crippen LogP contribution < -0.4 is 0 Å². The van der Waals surface area contributed by atoms with Crippen molar-refractivity contribution in [1.82, 2.24) is 9.97 Å². The summed E-state index contributed by atoms with van der Waals surface area (Å²) in [5, 5.41) is 0. The second-order valence-electron chi connectivity index (χ2n) is 8.66. The zero-order valence-electron chi connectivity index (χ0n) is 17.0. The van der Waals surface area contributed by atoms with E-state index in [1.807, 2.05) is 0 Å². The average Bonchev–Trinajstić information content (AvgIpc) is 2.92. The lowest BCUT2D eigenvalue weighted by Crippen LogP contribution is -2.21. The highest BCUT2D eigenvalue weighted by Crippen LogP contribution is 2.37. The Bertz CT molecular complexity index is 468. The summed E-state index contributed by atoms with van der Waals surface area (Å²) in [5.74, 6) is 1.73. The molecule has 23 heavy (non-hydrogen) atoms. The quantitative estimate of drug-likeness (QED) is 0.501. The number of aromatic nitrogens is 2. The molecule has 0 saturated heterocycles. The number of hydrogen-bond donors (Lipinski definition) is 1. The summed E-state index contributed by atoms with van der Waals surface area (Å²) in [4.78, 5) is 8.92. The van der Waals surface area contributed by atoms with Crippen molar-refractivity contribution in [2.24, 2.45) is 0 Å². The van der Waals surface area contributed by atoms with E-state index in [1.54, 1.807) is 0 Å². The zero-order valence-corrected chi connectivity index (χ0v) is 17.0. The van der Waals surface area contributed by atoms with Gasteiger partial charge in [0.2, 0.25) is 0 Å². The Labute approximate surface area is 144 Å². The van der Waals surface area contributed by atoms with E-state index in [1.165, 1.54) is 62.2 Å². The molecule has 0 amide bonds. The van der Waals surface area contributed by atoms with Crippen LogP contribution in [0.2, 0.25) is 0 Å². The highest BCUT2D eigenvalue weighted by atomic mass is 15.0. The number of unbranched alkanes of at least 4 members (excludes halogenated alkanes) is 1. The van der Waals surface area contributed by atoms with Gasteiger partial charge >= 0.3 is 0 Å². The molecular weight excluding hydrogens is 280 g/mol. The minimum atomic E-state index is 0.133. The molecule has 1 aromatic heterocycles. The first kappa shape index (κ1) is 20.3. The fraction of sp³-hybridized carbons (Fsp3) is 0.857. The molecule has 0 saturated carbocycles. The van der Waals surface area contributed by atoms with E-state index < -0.39 is 0 Å². The van der Waals surface area contributed by atoms with Crippen molar-refractivity contribution in [1.29, 1.82) is 0 Å². The molecule has 0 aromatic carbocycles. The average molecular weight is 321 g/mol. The van der Waals surface area contributed by atoms with Gasteiger partial charge in [-0.05, 0) is 19.3 Å². The number of H-pyrrole nitrogens is 1. The molecule has 0 aliphatic rings. The Kier molecular flexibility index (Phi) is 7.35. The van der Waals surface area contributed by atoms with Crippen molar-refractivity contribution in [3.05, 3.63) is 17.2 Å². The minimum absolute atomic E-state index is 0.133. The molecular formula is C21H40N2. The van der Waals surface area contributed by atoms with E-state index >= 15 is 0 Å². The molecule has 0 fully saturated rings. The van der Waals surface area contributed by atoms with Crippen LogP contribution in [0.5, 0.6) is 0 Å². The SMILES string of the molecule is CCCCC(C)(C)c1[nH]c(C(C)(C)CCC)nc1C(C)CCC. The van der Waals surface area contributed by atoms with E-state index in [9.17, 15) is 0 Å². The highest BCUT2D eigenvalue weighted by molar-refractivity contribution is 5.28. The van der Waals surface area contributed by atoms with Crippen molar-refractivity contribution in [3.8, 4) is 0 Å². The third-order valence-electron chi connectivity index (χ3n) is 5.27. The van der Waals surface area contributed by atoms with Gasteiger partial charge in [-0.2, -0.15) is 0 Å². The van der Waals surface area contributed by atoms with Gasteiger partial charge in [-0.1, -0.05) is 81.1 Å². The van der Waals surface area contributed by atoms with E-state index in [2.05, 4.69) is 60.4 Å². The standard InChI is InChI=1S/C21H40N2/c1-9-12-15-20(5,6)18-17(16(4)13-10-2)22-19(23-18)21(7,8)14-11-3/h16H,9-15H2,1-8H3,(H,22,23). The van der Waals surface area contributed by atoms with Gasteiger partial charge in [0.25, 0.3) is 0 Å². The predicted molar refractivity (Wildman–Crippen MR) is 102 cm³/mol. The lowest BCUT2D eigenvalue weighted by Gasteiger charge is -2.26. The second kappa shape index (κ2) is 8.35. The first-order chi connectivity index (χ1) is 10.7. The van der Waals surface area contributed by atoms with E-state index in [0.717, 1.165) is 0 Å². The number of nitrogens with zero attached hydrogens (tertiary/aromatic N) is 1. The highest BCUT2D eigenvalue weighted by Gasteiger charge is 2.32. The smallest absolute Gasteiger partial charge is 0.112 e. The normalized spacial score (nSPS) is 14.3. The third-order valence-corrected chi connectivity index (χ3v) is 5.27. The van der Waals surface area contributed by atoms with Crippen LogP contribution in [0.3, 0.4) is 0 Å². The van der Waals surface area contributed by atoms with E-state index in [-0.39, 0.29) is 10.8 Å². The summed E-state index contributed by atoms with van der Waals surface area (Å²) < 4.78 is 0. The van der Waals surface area contributed by atoms with E-state index in [0.29, 0.717) is 5.92 Å². The molecule has 1 unspecified atom stereocenters. The molecule has 0 aliphatic carbocycles. The summed E-state index contributed by atoms with van der Waals surface area (Å²) in [6, 6.07) is 0. The summed E-state index contributed by atoms with van der Waals surface area (Å²) in [5.41, 5.74) is 3.04. The van der Waals surface area contributed by atoms with Crippen molar-refractivity contribution >= 4 is 0 Å². The molecule has 2 heteroatoms. The molecule has 1 atom stereocenters.